The number of ether oxygens (including phenoxy) is 1. The van der Waals surface area contributed by atoms with Gasteiger partial charge in [-0.2, -0.15) is 0 Å². The van der Waals surface area contributed by atoms with E-state index in [1.165, 1.54) is 13.3 Å². The number of aryl methyl sites for hydroxylation is 1. The van der Waals surface area contributed by atoms with Crippen molar-refractivity contribution in [2.24, 2.45) is 0 Å². The van der Waals surface area contributed by atoms with Gasteiger partial charge in [0.05, 0.1) is 12.7 Å². The van der Waals surface area contributed by atoms with E-state index in [1.807, 2.05) is 6.07 Å². The maximum absolute atomic E-state index is 11.1. The van der Waals surface area contributed by atoms with E-state index in [0.717, 1.165) is 18.5 Å². The Morgan fingerprint density at radius 2 is 2.36 bits per heavy atom. The van der Waals surface area contributed by atoms with E-state index in [9.17, 15) is 4.79 Å². The van der Waals surface area contributed by atoms with Crippen molar-refractivity contribution in [2.75, 3.05) is 13.0 Å². The number of pyridine rings is 1. The first-order valence-electron chi connectivity index (χ1n) is 4.37. The summed E-state index contributed by atoms with van der Waals surface area (Å²) in [5, 5.41) is 0. The molecule has 0 atom stereocenters. The van der Waals surface area contributed by atoms with Gasteiger partial charge in [-0.15, -0.1) is 11.6 Å². The fraction of sp³-hybridized carbons (Fsp3) is 0.400. The Morgan fingerprint density at radius 1 is 1.57 bits per heavy atom. The van der Waals surface area contributed by atoms with Gasteiger partial charge in [-0.1, -0.05) is 0 Å². The molecule has 0 fully saturated rings. The number of rotatable bonds is 4. The van der Waals surface area contributed by atoms with Gasteiger partial charge < -0.3 is 4.74 Å². The fourth-order valence-electron chi connectivity index (χ4n) is 1.06. The second kappa shape index (κ2) is 5.60. The van der Waals surface area contributed by atoms with Crippen molar-refractivity contribution in [2.45, 2.75) is 12.8 Å². The van der Waals surface area contributed by atoms with Crippen LogP contribution in [0.1, 0.15) is 22.5 Å². The number of hydrogen-bond acceptors (Lipinski definition) is 3. The third-order valence-corrected chi connectivity index (χ3v) is 2.08. The average Bonchev–Trinajstić information content (AvgIpc) is 2.26. The van der Waals surface area contributed by atoms with Gasteiger partial charge in [0.2, 0.25) is 0 Å². The summed E-state index contributed by atoms with van der Waals surface area (Å²) in [4.78, 5) is 15.2. The van der Waals surface area contributed by atoms with Gasteiger partial charge in [0.1, 0.15) is 0 Å². The third-order valence-electron chi connectivity index (χ3n) is 1.81. The minimum absolute atomic E-state index is 0.360. The third kappa shape index (κ3) is 3.00. The number of carbonyl (C=O) groups excluding carboxylic acids is 1. The SMILES string of the molecule is COC(=O)c1ccc(CCCCl)nc1. The zero-order valence-corrected chi connectivity index (χ0v) is 8.75. The molecule has 0 amide bonds. The first-order valence-corrected chi connectivity index (χ1v) is 4.90. The summed E-state index contributed by atoms with van der Waals surface area (Å²) in [5.41, 5.74) is 1.42. The van der Waals surface area contributed by atoms with E-state index in [-0.39, 0.29) is 5.97 Å². The van der Waals surface area contributed by atoms with Crippen LogP contribution in [0.25, 0.3) is 0 Å². The lowest BCUT2D eigenvalue weighted by molar-refractivity contribution is 0.0600. The van der Waals surface area contributed by atoms with Crippen LogP contribution >= 0.6 is 11.6 Å². The molecule has 1 heterocycles. The smallest absolute Gasteiger partial charge is 0.339 e. The molecule has 0 aromatic carbocycles. The molecule has 0 N–H and O–H groups in total. The van der Waals surface area contributed by atoms with Crippen LogP contribution in [0.4, 0.5) is 0 Å². The highest BCUT2D eigenvalue weighted by Crippen LogP contribution is 2.04. The zero-order valence-electron chi connectivity index (χ0n) is 8.00. The second-order valence-electron chi connectivity index (χ2n) is 2.82. The predicted molar refractivity (Wildman–Crippen MR) is 54.6 cm³/mol. The summed E-state index contributed by atoms with van der Waals surface area (Å²) in [6, 6.07) is 3.53. The second-order valence-corrected chi connectivity index (χ2v) is 3.20. The van der Waals surface area contributed by atoms with E-state index in [4.69, 9.17) is 11.6 Å². The molecular weight excluding hydrogens is 202 g/mol. The molecule has 0 unspecified atom stereocenters. The number of halogens is 1. The van der Waals surface area contributed by atoms with Crippen LogP contribution < -0.4 is 0 Å². The molecule has 0 bridgehead atoms. The highest BCUT2D eigenvalue weighted by Gasteiger charge is 2.04. The van der Waals surface area contributed by atoms with Crippen LogP contribution in [0.15, 0.2) is 18.3 Å². The predicted octanol–water partition coefficient (Wildman–Crippen LogP) is 2.04. The normalized spacial score (nSPS) is 9.86. The summed E-state index contributed by atoms with van der Waals surface area (Å²) in [5.74, 6) is 0.266. The minimum atomic E-state index is -0.360. The Morgan fingerprint density at radius 3 is 2.86 bits per heavy atom. The summed E-state index contributed by atoms with van der Waals surface area (Å²) < 4.78 is 4.56. The molecule has 1 aromatic rings. The summed E-state index contributed by atoms with van der Waals surface area (Å²) in [6.07, 6.45) is 3.26. The average molecular weight is 214 g/mol. The Labute approximate surface area is 88.1 Å². The van der Waals surface area contributed by atoms with E-state index < -0.39 is 0 Å². The van der Waals surface area contributed by atoms with Crippen molar-refractivity contribution >= 4 is 17.6 Å². The summed E-state index contributed by atoms with van der Waals surface area (Å²) in [6.45, 7) is 0. The first-order chi connectivity index (χ1) is 6.77. The van der Waals surface area contributed by atoms with Crippen molar-refractivity contribution in [1.82, 2.24) is 4.98 Å². The Hall–Kier alpha value is -1.09. The van der Waals surface area contributed by atoms with Crippen LogP contribution in [-0.2, 0) is 11.2 Å². The molecular formula is C10H12ClNO2. The van der Waals surface area contributed by atoms with E-state index in [0.29, 0.717) is 11.4 Å². The lowest BCUT2D eigenvalue weighted by atomic mass is 10.2. The standard InChI is InChI=1S/C10H12ClNO2/c1-14-10(13)8-4-5-9(12-7-8)3-2-6-11/h4-5,7H,2-3,6H2,1H3. The molecule has 0 aliphatic carbocycles. The van der Waals surface area contributed by atoms with E-state index in [1.54, 1.807) is 6.07 Å². The molecule has 1 aromatic heterocycles. The van der Waals surface area contributed by atoms with Gasteiger partial charge in [-0.25, -0.2) is 4.79 Å². The van der Waals surface area contributed by atoms with Crippen molar-refractivity contribution in [3.8, 4) is 0 Å². The molecule has 14 heavy (non-hydrogen) atoms. The Balaban J connectivity index is 2.63. The lowest BCUT2D eigenvalue weighted by Gasteiger charge is -2.00. The van der Waals surface area contributed by atoms with Gasteiger partial charge in [0.25, 0.3) is 0 Å². The van der Waals surface area contributed by atoms with Crippen LogP contribution in [0.2, 0.25) is 0 Å². The van der Waals surface area contributed by atoms with Crippen LogP contribution in [0, 0.1) is 0 Å². The molecule has 0 radical (unpaired) electrons. The largest absolute Gasteiger partial charge is 0.465 e. The maximum Gasteiger partial charge on any atom is 0.339 e. The van der Waals surface area contributed by atoms with Gasteiger partial charge in [0.15, 0.2) is 0 Å². The van der Waals surface area contributed by atoms with Crippen molar-refractivity contribution in [1.29, 1.82) is 0 Å². The van der Waals surface area contributed by atoms with E-state index >= 15 is 0 Å². The van der Waals surface area contributed by atoms with Crippen LogP contribution in [0.5, 0.6) is 0 Å². The van der Waals surface area contributed by atoms with Gasteiger partial charge in [0, 0.05) is 17.8 Å². The molecule has 0 saturated heterocycles. The van der Waals surface area contributed by atoms with Gasteiger partial charge in [-0.05, 0) is 25.0 Å². The molecule has 0 spiro atoms. The quantitative estimate of drug-likeness (QED) is 0.568. The minimum Gasteiger partial charge on any atom is -0.465 e. The van der Waals surface area contributed by atoms with E-state index in [2.05, 4.69) is 9.72 Å². The lowest BCUT2D eigenvalue weighted by Crippen LogP contribution is -2.02. The monoisotopic (exact) mass is 213 g/mol. The van der Waals surface area contributed by atoms with Crippen molar-refractivity contribution < 1.29 is 9.53 Å². The molecule has 4 heteroatoms. The number of nitrogens with zero attached hydrogens (tertiary/aromatic N) is 1. The van der Waals surface area contributed by atoms with Crippen LogP contribution in [0.3, 0.4) is 0 Å². The molecule has 0 saturated carbocycles. The highest BCUT2D eigenvalue weighted by molar-refractivity contribution is 6.17. The Kier molecular flexibility index (Phi) is 4.40. The molecule has 0 aliphatic heterocycles. The number of methoxy groups -OCH3 is 1. The van der Waals surface area contributed by atoms with Crippen molar-refractivity contribution in [3.63, 3.8) is 0 Å². The topological polar surface area (TPSA) is 39.2 Å². The summed E-state index contributed by atoms with van der Waals surface area (Å²) in [7, 11) is 1.35. The zero-order chi connectivity index (χ0) is 10.4. The Bertz CT molecular complexity index is 297. The number of carbonyl (C=O) groups is 1. The fourth-order valence-corrected chi connectivity index (χ4v) is 1.19. The van der Waals surface area contributed by atoms with Crippen molar-refractivity contribution in [3.05, 3.63) is 29.6 Å². The van der Waals surface area contributed by atoms with Gasteiger partial charge >= 0.3 is 5.97 Å². The molecule has 76 valence electrons. The van der Waals surface area contributed by atoms with Crippen LogP contribution in [-0.4, -0.2) is 23.9 Å². The number of hydrogen-bond donors (Lipinski definition) is 0. The molecule has 3 nitrogen and oxygen atoms in total. The number of aromatic nitrogens is 1. The maximum atomic E-state index is 11.1. The highest BCUT2D eigenvalue weighted by atomic mass is 35.5. The molecule has 1 rings (SSSR count). The first kappa shape index (κ1) is 11.0. The molecule has 0 aliphatic rings. The number of alkyl halides is 1. The van der Waals surface area contributed by atoms with Gasteiger partial charge in [-0.3, -0.25) is 4.98 Å². The number of esters is 1. The summed E-state index contributed by atoms with van der Waals surface area (Å²) >= 11 is 5.55.